The number of allylic oxidation sites excluding steroid dienone is 1. The maximum atomic E-state index is 14.1. The van der Waals surface area contributed by atoms with Crippen LogP contribution >= 0.6 is 0 Å². The highest BCUT2D eigenvalue weighted by molar-refractivity contribution is 7.92. The molecule has 1 aromatic rings. The van der Waals surface area contributed by atoms with Crippen molar-refractivity contribution >= 4 is 9.84 Å². The molecule has 0 aliphatic heterocycles. The maximum Gasteiger partial charge on any atom is 0.417 e. The summed E-state index contributed by atoms with van der Waals surface area (Å²) in [6.45, 7) is 4.33. The van der Waals surface area contributed by atoms with Gasteiger partial charge in [-0.2, -0.15) is 13.2 Å². The molecule has 0 amide bonds. The van der Waals surface area contributed by atoms with Crippen LogP contribution in [-0.4, -0.2) is 47.2 Å². The van der Waals surface area contributed by atoms with Crippen molar-refractivity contribution in [3.05, 3.63) is 42.0 Å². The lowest BCUT2D eigenvalue weighted by atomic mass is 9.46. The van der Waals surface area contributed by atoms with E-state index in [9.17, 15) is 40.6 Å². The SMILES string of the molecule is CC12CC[C@@](O)(C(F)(F)F)CC1=CCC1C2CCC2(C)C1CC[C@H]2CC(CC1(O)CCC(F)(F)CC1)S(=O)(=O)c1ccccc1. The lowest BCUT2D eigenvalue weighted by molar-refractivity contribution is -0.271. The van der Waals surface area contributed by atoms with E-state index in [1.165, 1.54) is 0 Å². The van der Waals surface area contributed by atoms with Gasteiger partial charge in [0.1, 0.15) is 0 Å². The molecular weight excluding hydrogens is 611 g/mol. The van der Waals surface area contributed by atoms with Crippen LogP contribution in [0, 0.1) is 34.5 Å². The molecule has 5 aliphatic rings. The van der Waals surface area contributed by atoms with E-state index in [4.69, 9.17) is 0 Å². The van der Waals surface area contributed by atoms with Gasteiger partial charge in [-0.1, -0.05) is 43.7 Å². The second-order valence-corrected chi connectivity index (χ2v) is 18.0. The summed E-state index contributed by atoms with van der Waals surface area (Å²) in [5.74, 6) is -2.02. The molecule has 5 aliphatic carbocycles. The van der Waals surface area contributed by atoms with Crippen molar-refractivity contribution in [2.24, 2.45) is 34.5 Å². The van der Waals surface area contributed by atoms with Gasteiger partial charge in [0, 0.05) is 19.3 Å². The van der Waals surface area contributed by atoms with Crippen LogP contribution in [0.1, 0.15) is 104 Å². The Morgan fingerprint density at radius 2 is 1.56 bits per heavy atom. The Morgan fingerprint density at radius 3 is 2.20 bits per heavy atom. The minimum absolute atomic E-state index is 0.0560. The first-order valence-corrected chi connectivity index (χ1v) is 18.2. The van der Waals surface area contributed by atoms with Crippen molar-refractivity contribution in [3.8, 4) is 0 Å². The molecule has 6 unspecified atom stereocenters. The van der Waals surface area contributed by atoms with E-state index in [2.05, 4.69) is 13.8 Å². The first-order chi connectivity index (χ1) is 20.8. The molecular formula is C35H47F5O4S. The number of rotatable bonds is 6. The second-order valence-electron chi connectivity index (χ2n) is 15.8. The van der Waals surface area contributed by atoms with Crippen molar-refractivity contribution in [1.29, 1.82) is 0 Å². The highest BCUT2D eigenvalue weighted by atomic mass is 32.2. The Kier molecular flexibility index (Phi) is 8.17. The smallest absolute Gasteiger partial charge is 0.390 e. The zero-order valence-electron chi connectivity index (χ0n) is 26.3. The van der Waals surface area contributed by atoms with Gasteiger partial charge in [0.05, 0.1) is 15.7 Å². The van der Waals surface area contributed by atoms with Crippen LogP contribution in [-0.2, 0) is 9.84 Å². The van der Waals surface area contributed by atoms with Crippen LogP contribution in [0.25, 0.3) is 0 Å². The predicted octanol–water partition coefficient (Wildman–Crippen LogP) is 8.42. The molecule has 0 spiro atoms. The highest BCUT2D eigenvalue weighted by Gasteiger charge is 2.63. The number of halogens is 5. The fraction of sp³-hybridized carbons (Fsp3) is 0.771. The van der Waals surface area contributed by atoms with E-state index >= 15 is 0 Å². The van der Waals surface area contributed by atoms with E-state index in [1.807, 2.05) is 6.08 Å². The molecule has 45 heavy (non-hydrogen) atoms. The van der Waals surface area contributed by atoms with Gasteiger partial charge < -0.3 is 10.2 Å². The van der Waals surface area contributed by atoms with E-state index in [-0.39, 0.29) is 72.5 Å². The first kappa shape index (κ1) is 33.4. The van der Waals surface area contributed by atoms with Gasteiger partial charge >= 0.3 is 6.18 Å². The molecule has 2 N–H and O–H groups in total. The van der Waals surface area contributed by atoms with Crippen LogP contribution in [0.3, 0.4) is 0 Å². The second kappa shape index (κ2) is 11.0. The molecule has 4 fully saturated rings. The topological polar surface area (TPSA) is 74.6 Å². The van der Waals surface area contributed by atoms with Crippen LogP contribution < -0.4 is 0 Å². The van der Waals surface area contributed by atoms with Crippen molar-refractivity contribution < 1.29 is 40.6 Å². The van der Waals surface area contributed by atoms with Gasteiger partial charge in [-0.15, -0.1) is 0 Å². The standard InChI is InChI=1S/C35H47F5O4S/c1-30-13-12-29-27(10-8-24-21-33(42,35(38,39)40)17-14-31(24,29)2)28(30)11-9-23(30)20-26(45(43,44)25-6-4-3-5-7-25)22-32(41)15-18-34(36,37)19-16-32/h3-8,23,26-29,41-42H,9-22H2,1-2H3/t23-,26?,27?,28?,29?,30?,31?,33-/m0/s1. The number of alkyl halides is 5. The summed E-state index contributed by atoms with van der Waals surface area (Å²) in [6.07, 6.45) is 0.0769. The van der Waals surface area contributed by atoms with Gasteiger partial charge in [-0.3, -0.25) is 0 Å². The Balaban J connectivity index is 1.25. The van der Waals surface area contributed by atoms with Gasteiger partial charge in [0.25, 0.3) is 0 Å². The third-order valence-corrected chi connectivity index (χ3v) is 15.6. The van der Waals surface area contributed by atoms with Gasteiger partial charge in [-0.25, -0.2) is 17.2 Å². The van der Waals surface area contributed by atoms with Gasteiger partial charge in [0.2, 0.25) is 5.92 Å². The first-order valence-electron chi connectivity index (χ1n) is 16.7. The highest BCUT2D eigenvalue weighted by Crippen LogP contribution is 2.68. The Bertz CT molecular complexity index is 1400. The van der Waals surface area contributed by atoms with Crippen molar-refractivity contribution in [3.63, 3.8) is 0 Å². The third-order valence-electron chi connectivity index (χ3n) is 13.5. The average molecular weight is 659 g/mol. The Morgan fingerprint density at radius 1 is 0.889 bits per heavy atom. The molecule has 4 saturated carbocycles. The van der Waals surface area contributed by atoms with E-state index in [0.717, 1.165) is 31.3 Å². The van der Waals surface area contributed by atoms with E-state index in [0.29, 0.717) is 12.8 Å². The molecule has 0 aromatic heterocycles. The van der Waals surface area contributed by atoms with E-state index < -0.39 is 56.6 Å². The third kappa shape index (κ3) is 5.70. The normalized spacial score (nSPS) is 40.1. The number of benzene rings is 1. The largest absolute Gasteiger partial charge is 0.417 e. The monoisotopic (exact) mass is 658 g/mol. The van der Waals surface area contributed by atoms with Crippen LogP contribution in [0.2, 0.25) is 0 Å². The summed E-state index contributed by atoms with van der Waals surface area (Å²) >= 11 is 0. The number of fused-ring (bicyclic) bond motifs is 5. The van der Waals surface area contributed by atoms with Gasteiger partial charge in [-0.05, 0) is 117 Å². The maximum absolute atomic E-state index is 14.1. The summed E-state index contributed by atoms with van der Waals surface area (Å²) < 4.78 is 97.5. The molecule has 10 heteroatoms. The minimum Gasteiger partial charge on any atom is -0.390 e. The quantitative estimate of drug-likeness (QED) is 0.238. The minimum atomic E-state index is -4.67. The van der Waals surface area contributed by atoms with Crippen molar-refractivity contribution in [2.45, 2.75) is 137 Å². The van der Waals surface area contributed by atoms with Crippen LogP contribution in [0.4, 0.5) is 22.0 Å². The van der Waals surface area contributed by atoms with E-state index in [1.54, 1.807) is 30.3 Å². The lowest BCUT2D eigenvalue weighted by Crippen LogP contribution is -2.55. The summed E-state index contributed by atoms with van der Waals surface area (Å²) in [5, 5.41) is 21.0. The number of hydrogen-bond acceptors (Lipinski definition) is 4. The van der Waals surface area contributed by atoms with Crippen molar-refractivity contribution in [1.82, 2.24) is 0 Å². The summed E-state index contributed by atoms with van der Waals surface area (Å²) in [4.78, 5) is 0.178. The molecule has 6 rings (SSSR count). The number of aliphatic hydroxyl groups is 2. The number of hydrogen-bond donors (Lipinski definition) is 2. The summed E-state index contributed by atoms with van der Waals surface area (Å²) in [7, 11) is -3.86. The Labute approximate surface area is 263 Å². The van der Waals surface area contributed by atoms with Gasteiger partial charge in [0.15, 0.2) is 15.4 Å². The Hall–Kier alpha value is -1.52. The molecule has 0 heterocycles. The average Bonchev–Trinajstić information content (AvgIpc) is 3.31. The molecule has 1 aromatic carbocycles. The number of sulfone groups is 1. The van der Waals surface area contributed by atoms with Crippen LogP contribution in [0.5, 0.6) is 0 Å². The molecule has 0 bridgehead atoms. The molecule has 8 atom stereocenters. The zero-order valence-corrected chi connectivity index (χ0v) is 27.1. The molecule has 0 radical (unpaired) electrons. The zero-order chi connectivity index (χ0) is 32.7. The molecule has 4 nitrogen and oxygen atoms in total. The van der Waals surface area contributed by atoms with Crippen LogP contribution in [0.15, 0.2) is 46.9 Å². The summed E-state index contributed by atoms with van der Waals surface area (Å²) in [6, 6.07) is 8.19. The molecule has 0 saturated heterocycles. The fourth-order valence-corrected chi connectivity index (χ4v) is 12.5. The summed E-state index contributed by atoms with van der Waals surface area (Å²) in [5.41, 5.74) is -3.98. The fourth-order valence-electron chi connectivity index (χ4n) is 10.5. The predicted molar refractivity (Wildman–Crippen MR) is 161 cm³/mol. The van der Waals surface area contributed by atoms with Crippen molar-refractivity contribution in [2.75, 3.05) is 0 Å². The lowest BCUT2D eigenvalue weighted by Gasteiger charge is -2.59. The molecule has 252 valence electrons.